The first-order valence-electron chi connectivity index (χ1n) is 8.80. The van der Waals surface area contributed by atoms with Gasteiger partial charge >= 0.3 is 0 Å². The Bertz CT molecular complexity index is 1170. The fourth-order valence-electron chi connectivity index (χ4n) is 3.23. The molecule has 0 radical (unpaired) electrons. The number of Topliss-reactive ketones (excluding diaryl/α,β-unsaturated/α-hetero) is 2. The van der Waals surface area contributed by atoms with E-state index in [9.17, 15) is 9.59 Å². The topological polar surface area (TPSA) is 39.1 Å². The largest absolute Gasteiger partial charge is 0.340 e. The number of benzene rings is 2. The van der Waals surface area contributed by atoms with Crippen LogP contribution in [0.5, 0.6) is 0 Å². The standard InChI is InChI=1S/C22H18ClNO2S/c1-14(25)5-8-18(26)13-24-10-9-15-6-7-16(11-20(15)24)21-12-17-3-2-4-19(23)22(17)27-21/h2-4,6-7,9-12H,5,8,13H2,1H3. The van der Waals surface area contributed by atoms with E-state index in [0.717, 1.165) is 36.5 Å². The lowest BCUT2D eigenvalue weighted by Gasteiger charge is -2.06. The number of hydrogen-bond acceptors (Lipinski definition) is 3. The maximum absolute atomic E-state index is 12.2. The van der Waals surface area contributed by atoms with Crippen LogP contribution in [0.1, 0.15) is 19.8 Å². The number of aromatic nitrogens is 1. The van der Waals surface area contributed by atoms with Gasteiger partial charge in [-0.15, -0.1) is 11.3 Å². The zero-order chi connectivity index (χ0) is 19.0. The van der Waals surface area contributed by atoms with E-state index >= 15 is 0 Å². The van der Waals surface area contributed by atoms with E-state index in [1.54, 1.807) is 11.3 Å². The van der Waals surface area contributed by atoms with Gasteiger partial charge < -0.3 is 9.36 Å². The molecule has 27 heavy (non-hydrogen) atoms. The van der Waals surface area contributed by atoms with Crippen molar-refractivity contribution in [2.45, 2.75) is 26.3 Å². The predicted octanol–water partition coefficient (Wildman–Crippen LogP) is 6.11. The van der Waals surface area contributed by atoms with Crippen LogP contribution in [0.2, 0.25) is 5.02 Å². The van der Waals surface area contributed by atoms with Crippen molar-refractivity contribution in [3.8, 4) is 10.4 Å². The van der Waals surface area contributed by atoms with E-state index < -0.39 is 0 Å². The first kappa shape index (κ1) is 18.0. The van der Waals surface area contributed by atoms with E-state index in [0.29, 0.717) is 19.4 Å². The Kier molecular flexibility index (Phi) is 4.85. The van der Waals surface area contributed by atoms with Crippen molar-refractivity contribution in [2.24, 2.45) is 0 Å². The first-order valence-corrected chi connectivity index (χ1v) is 9.99. The number of thiophene rings is 1. The number of carbonyl (C=O) groups excluding carboxylic acids is 2. The van der Waals surface area contributed by atoms with Gasteiger partial charge in [0.1, 0.15) is 5.78 Å². The van der Waals surface area contributed by atoms with Crippen LogP contribution in [0, 0.1) is 0 Å². The van der Waals surface area contributed by atoms with Crippen molar-refractivity contribution in [1.82, 2.24) is 4.57 Å². The highest BCUT2D eigenvalue weighted by Crippen LogP contribution is 2.38. The molecule has 2 heterocycles. The lowest BCUT2D eigenvalue weighted by atomic mass is 10.1. The van der Waals surface area contributed by atoms with Crippen molar-refractivity contribution < 1.29 is 9.59 Å². The zero-order valence-electron chi connectivity index (χ0n) is 14.9. The molecule has 0 saturated carbocycles. The molecule has 3 nitrogen and oxygen atoms in total. The third-order valence-electron chi connectivity index (χ3n) is 4.66. The van der Waals surface area contributed by atoms with Crippen LogP contribution in [0.25, 0.3) is 31.4 Å². The highest BCUT2D eigenvalue weighted by atomic mass is 35.5. The molecule has 0 bridgehead atoms. The third-order valence-corrected chi connectivity index (χ3v) is 6.32. The smallest absolute Gasteiger partial charge is 0.152 e. The Morgan fingerprint density at radius 2 is 1.89 bits per heavy atom. The summed E-state index contributed by atoms with van der Waals surface area (Å²) in [5.41, 5.74) is 2.13. The second kappa shape index (κ2) is 7.29. The van der Waals surface area contributed by atoms with Crippen LogP contribution in [0.4, 0.5) is 0 Å². The summed E-state index contributed by atoms with van der Waals surface area (Å²) in [7, 11) is 0. The van der Waals surface area contributed by atoms with Crippen LogP contribution in [0.3, 0.4) is 0 Å². The summed E-state index contributed by atoms with van der Waals surface area (Å²) in [6.07, 6.45) is 2.54. The van der Waals surface area contributed by atoms with E-state index in [4.69, 9.17) is 11.6 Å². The minimum absolute atomic E-state index is 0.0476. The fraction of sp³-hybridized carbons (Fsp3) is 0.182. The molecule has 0 saturated heterocycles. The van der Waals surface area contributed by atoms with Crippen LogP contribution < -0.4 is 0 Å². The Balaban J connectivity index is 1.67. The molecule has 0 amide bonds. The van der Waals surface area contributed by atoms with Crippen LogP contribution in [-0.2, 0) is 16.1 Å². The summed E-state index contributed by atoms with van der Waals surface area (Å²) >= 11 is 7.99. The summed E-state index contributed by atoms with van der Waals surface area (Å²) in [5, 5.41) is 3.00. The van der Waals surface area contributed by atoms with Crippen molar-refractivity contribution in [1.29, 1.82) is 0 Å². The lowest BCUT2D eigenvalue weighted by Crippen LogP contribution is -2.10. The molecule has 0 N–H and O–H groups in total. The van der Waals surface area contributed by atoms with Gasteiger partial charge in [-0.2, -0.15) is 0 Å². The van der Waals surface area contributed by atoms with Gasteiger partial charge in [-0.1, -0.05) is 35.9 Å². The van der Waals surface area contributed by atoms with Crippen molar-refractivity contribution >= 4 is 55.5 Å². The Labute approximate surface area is 166 Å². The number of ketones is 2. The number of fused-ring (bicyclic) bond motifs is 2. The van der Waals surface area contributed by atoms with Crippen molar-refractivity contribution in [3.05, 3.63) is 59.8 Å². The molecule has 0 spiro atoms. The molecule has 5 heteroatoms. The molecule has 0 aliphatic carbocycles. The quantitative estimate of drug-likeness (QED) is 0.394. The highest BCUT2D eigenvalue weighted by Gasteiger charge is 2.11. The van der Waals surface area contributed by atoms with Gasteiger partial charge in [0, 0.05) is 29.4 Å². The van der Waals surface area contributed by atoms with Crippen LogP contribution in [-0.4, -0.2) is 16.1 Å². The van der Waals surface area contributed by atoms with E-state index in [1.807, 2.05) is 29.0 Å². The van der Waals surface area contributed by atoms with Gasteiger partial charge in [0.2, 0.25) is 0 Å². The second-order valence-electron chi connectivity index (χ2n) is 6.73. The van der Waals surface area contributed by atoms with Gasteiger partial charge in [0.25, 0.3) is 0 Å². The average molecular weight is 396 g/mol. The van der Waals surface area contributed by atoms with Gasteiger partial charge in [-0.25, -0.2) is 0 Å². The Morgan fingerprint density at radius 1 is 1.04 bits per heavy atom. The molecular formula is C22H18ClNO2S. The molecule has 2 aromatic carbocycles. The van der Waals surface area contributed by atoms with Gasteiger partial charge in [0.05, 0.1) is 16.3 Å². The van der Waals surface area contributed by atoms with Gasteiger partial charge in [-0.05, 0) is 47.5 Å². The molecule has 4 aromatic rings. The van der Waals surface area contributed by atoms with Crippen molar-refractivity contribution in [2.75, 3.05) is 0 Å². The molecular weight excluding hydrogens is 378 g/mol. The predicted molar refractivity (Wildman–Crippen MR) is 113 cm³/mol. The molecule has 0 aliphatic rings. The number of hydrogen-bond donors (Lipinski definition) is 0. The number of nitrogens with zero attached hydrogens (tertiary/aromatic N) is 1. The summed E-state index contributed by atoms with van der Waals surface area (Å²) in [6.45, 7) is 1.81. The molecule has 0 unspecified atom stereocenters. The SMILES string of the molecule is CC(=O)CCC(=O)Cn1ccc2ccc(-c3cc4cccc(Cl)c4s3)cc21. The van der Waals surface area contributed by atoms with E-state index in [-0.39, 0.29) is 11.6 Å². The maximum Gasteiger partial charge on any atom is 0.152 e. The molecule has 2 aromatic heterocycles. The Morgan fingerprint density at radius 3 is 2.67 bits per heavy atom. The summed E-state index contributed by atoms with van der Waals surface area (Å²) in [6, 6.07) is 16.4. The monoisotopic (exact) mass is 395 g/mol. The van der Waals surface area contributed by atoms with Crippen molar-refractivity contribution in [3.63, 3.8) is 0 Å². The fourth-order valence-corrected chi connectivity index (χ4v) is 4.59. The normalized spacial score (nSPS) is 11.3. The Hall–Kier alpha value is -2.43. The maximum atomic E-state index is 12.2. The van der Waals surface area contributed by atoms with Gasteiger partial charge in [-0.3, -0.25) is 4.79 Å². The molecule has 136 valence electrons. The zero-order valence-corrected chi connectivity index (χ0v) is 16.4. The summed E-state index contributed by atoms with van der Waals surface area (Å²) in [4.78, 5) is 24.4. The minimum Gasteiger partial charge on any atom is -0.340 e. The minimum atomic E-state index is 0.0476. The second-order valence-corrected chi connectivity index (χ2v) is 8.19. The van der Waals surface area contributed by atoms with E-state index in [1.165, 1.54) is 6.92 Å². The third kappa shape index (κ3) is 3.68. The van der Waals surface area contributed by atoms with E-state index in [2.05, 4.69) is 30.3 Å². The molecule has 0 fully saturated rings. The average Bonchev–Trinajstić information content (AvgIpc) is 3.25. The van der Waals surface area contributed by atoms with Crippen LogP contribution >= 0.6 is 22.9 Å². The summed E-state index contributed by atoms with van der Waals surface area (Å²) in [5.74, 6) is 0.119. The summed E-state index contributed by atoms with van der Waals surface area (Å²) < 4.78 is 3.05. The van der Waals surface area contributed by atoms with Gasteiger partial charge in [0.15, 0.2) is 5.78 Å². The number of rotatable bonds is 6. The molecule has 0 atom stereocenters. The van der Waals surface area contributed by atoms with Crippen LogP contribution in [0.15, 0.2) is 54.7 Å². The molecule has 4 rings (SSSR count). The first-order chi connectivity index (χ1) is 13.0. The molecule has 0 aliphatic heterocycles. The number of halogens is 1. The lowest BCUT2D eigenvalue weighted by molar-refractivity contribution is -0.123. The highest BCUT2D eigenvalue weighted by molar-refractivity contribution is 7.22. The number of carbonyl (C=O) groups is 2.